The van der Waals surface area contributed by atoms with Gasteiger partial charge in [-0.15, -0.1) is 0 Å². The maximum Gasteiger partial charge on any atom is 0.407 e. The third-order valence-electron chi connectivity index (χ3n) is 6.29. The second-order valence-electron chi connectivity index (χ2n) is 9.76. The van der Waals surface area contributed by atoms with Crippen LogP contribution >= 0.6 is 0 Å². The van der Waals surface area contributed by atoms with Crippen LogP contribution < -0.4 is 10.8 Å². The lowest BCUT2D eigenvalue weighted by molar-refractivity contribution is -0.163. The number of ether oxygens (including phenoxy) is 1. The van der Waals surface area contributed by atoms with Crippen molar-refractivity contribution in [3.05, 3.63) is 59.7 Å². The van der Waals surface area contributed by atoms with E-state index >= 15 is 0 Å². The minimum atomic E-state index is -1.08. The number of aliphatic carboxylic acids is 1. The molecule has 1 fully saturated rings. The Morgan fingerprint density at radius 1 is 1.03 bits per heavy atom. The number of carboxylic acid groups (broad SMARTS) is 1. The number of carbonyl (C=O) groups excluding carboxylic acids is 2. The Hall–Kier alpha value is -3.39. The highest BCUT2D eigenvalue weighted by atomic mass is 16.7. The van der Waals surface area contributed by atoms with Gasteiger partial charge in [0.05, 0.1) is 0 Å². The Morgan fingerprint density at radius 3 is 2.18 bits per heavy atom. The van der Waals surface area contributed by atoms with Crippen LogP contribution in [0.4, 0.5) is 4.79 Å². The number of carbonyl (C=O) groups is 3. The number of amides is 2. The normalized spacial score (nSPS) is 15.7. The molecule has 8 heteroatoms. The quantitative estimate of drug-likeness (QED) is 0.458. The van der Waals surface area contributed by atoms with Gasteiger partial charge >= 0.3 is 12.1 Å². The van der Waals surface area contributed by atoms with Crippen LogP contribution in [0.15, 0.2) is 48.5 Å². The van der Waals surface area contributed by atoms with Crippen molar-refractivity contribution in [3.8, 4) is 11.1 Å². The van der Waals surface area contributed by atoms with Gasteiger partial charge in [-0.2, -0.15) is 0 Å². The van der Waals surface area contributed by atoms with E-state index in [-0.39, 0.29) is 31.4 Å². The number of fused-ring (bicyclic) bond motifs is 3. The van der Waals surface area contributed by atoms with E-state index in [0.717, 1.165) is 35.1 Å². The van der Waals surface area contributed by atoms with Gasteiger partial charge in [0.1, 0.15) is 6.61 Å². The molecular formula is C26H30N2O6. The third-order valence-corrected chi connectivity index (χ3v) is 6.29. The van der Waals surface area contributed by atoms with E-state index in [4.69, 9.17) is 9.57 Å². The summed E-state index contributed by atoms with van der Waals surface area (Å²) in [6.45, 7) is 4.08. The fraction of sp³-hybridized carbons (Fsp3) is 0.423. The van der Waals surface area contributed by atoms with Crippen molar-refractivity contribution in [1.29, 1.82) is 0 Å². The molecule has 1 unspecified atom stereocenters. The molecule has 34 heavy (non-hydrogen) atoms. The lowest BCUT2D eigenvalue weighted by Crippen LogP contribution is -2.40. The van der Waals surface area contributed by atoms with Crippen LogP contribution in [0.3, 0.4) is 0 Å². The van der Waals surface area contributed by atoms with Gasteiger partial charge in [0, 0.05) is 18.9 Å². The molecule has 4 rings (SSSR count). The van der Waals surface area contributed by atoms with E-state index in [9.17, 15) is 19.5 Å². The first-order valence-corrected chi connectivity index (χ1v) is 11.5. The van der Waals surface area contributed by atoms with Gasteiger partial charge in [0.15, 0.2) is 6.10 Å². The van der Waals surface area contributed by atoms with Gasteiger partial charge in [0.25, 0.3) is 0 Å². The number of carboxylic acids is 1. The first-order valence-electron chi connectivity index (χ1n) is 11.5. The van der Waals surface area contributed by atoms with Gasteiger partial charge < -0.3 is 15.2 Å². The highest BCUT2D eigenvalue weighted by molar-refractivity contribution is 5.79. The summed E-state index contributed by atoms with van der Waals surface area (Å²) in [5.74, 6) is -1.60. The lowest BCUT2D eigenvalue weighted by Gasteiger charge is -2.24. The first-order chi connectivity index (χ1) is 16.2. The van der Waals surface area contributed by atoms with Crippen LogP contribution in [-0.2, 0) is 19.2 Å². The van der Waals surface area contributed by atoms with E-state index < -0.39 is 29.5 Å². The van der Waals surface area contributed by atoms with Gasteiger partial charge in [-0.05, 0) is 46.4 Å². The molecule has 0 saturated heterocycles. The summed E-state index contributed by atoms with van der Waals surface area (Å²) in [6, 6.07) is 16.2. The zero-order chi connectivity index (χ0) is 24.3. The summed E-state index contributed by atoms with van der Waals surface area (Å²) < 4.78 is 5.54. The SMILES string of the molecule is CC(C)(CNC(=O)OCC1c2ccccc2-c2ccccc21)CC(=O)NOC(C(=O)O)C1CC1. The third kappa shape index (κ3) is 5.56. The van der Waals surface area contributed by atoms with Crippen molar-refractivity contribution in [1.82, 2.24) is 10.8 Å². The molecule has 180 valence electrons. The highest BCUT2D eigenvalue weighted by Gasteiger charge is 2.38. The number of benzene rings is 2. The van der Waals surface area contributed by atoms with Crippen LogP contribution in [0, 0.1) is 11.3 Å². The molecule has 0 spiro atoms. The largest absolute Gasteiger partial charge is 0.479 e. The number of hydroxylamine groups is 1. The van der Waals surface area contributed by atoms with Gasteiger partial charge in [0.2, 0.25) is 5.91 Å². The van der Waals surface area contributed by atoms with Gasteiger partial charge in [-0.3, -0.25) is 9.63 Å². The van der Waals surface area contributed by atoms with Crippen molar-refractivity contribution in [2.45, 2.75) is 45.1 Å². The predicted molar refractivity (Wildman–Crippen MR) is 125 cm³/mol. The predicted octanol–water partition coefficient (Wildman–Crippen LogP) is 3.85. The average molecular weight is 467 g/mol. The molecule has 0 radical (unpaired) electrons. The number of hydrogen-bond acceptors (Lipinski definition) is 5. The molecule has 2 amide bonds. The Labute approximate surface area is 198 Å². The molecule has 2 aromatic rings. The second-order valence-corrected chi connectivity index (χ2v) is 9.76. The fourth-order valence-corrected chi connectivity index (χ4v) is 4.37. The van der Waals surface area contributed by atoms with E-state index in [1.165, 1.54) is 0 Å². The molecule has 2 aliphatic carbocycles. The topological polar surface area (TPSA) is 114 Å². The molecular weight excluding hydrogens is 436 g/mol. The Bertz CT molecular complexity index is 1030. The summed E-state index contributed by atoms with van der Waals surface area (Å²) in [5, 5.41) is 11.9. The maximum atomic E-state index is 12.4. The number of nitrogens with one attached hydrogen (secondary N) is 2. The van der Waals surface area contributed by atoms with E-state index in [0.29, 0.717) is 0 Å². The van der Waals surface area contributed by atoms with Crippen molar-refractivity contribution < 1.29 is 29.1 Å². The minimum Gasteiger partial charge on any atom is -0.479 e. The summed E-state index contributed by atoms with van der Waals surface area (Å²) in [7, 11) is 0. The maximum absolute atomic E-state index is 12.4. The van der Waals surface area contributed by atoms with Crippen LogP contribution in [-0.4, -0.2) is 42.3 Å². The van der Waals surface area contributed by atoms with Crippen LogP contribution in [0.2, 0.25) is 0 Å². The number of alkyl carbamates (subject to hydrolysis) is 1. The van der Waals surface area contributed by atoms with Gasteiger partial charge in [-0.1, -0.05) is 62.4 Å². The molecule has 3 N–H and O–H groups in total. The van der Waals surface area contributed by atoms with Gasteiger partial charge in [-0.25, -0.2) is 15.1 Å². The summed E-state index contributed by atoms with van der Waals surface area (Å²) in [4.78, 5) is 41.0. The fourth-order valence-electron chi connectivity index (χ4n) is 4.37. The van der Waals surface area contributed by atoms with E-state index in [1.807, 2.05) is 38.1 Å². The lowest BCUT2D eigenvalue weighted by atomic mass is 9.89. The molecule has 0 bridgehead atoms. The Morgan fingerprint density at radius 2 is 1.62 bits per heavy atom. The summed E-state index contributed by atoms with van der Waals surface area (Å²) in [6.07, 6.45) is 0.0376. The van der Waals surface area contributed by atoms with Crippen molar-refractivity contribution in [2.24, 2.45) is 11.3 Å². The monoisotopic (exact) mass is 466 g/mol. The van der Waals surface area contributed by atoms with Crippen LogP contribution in [0.5, 0.6) is 0 Å². The molecule has 2 aromatic carbocycles. The number of hydrogen-bond donors (Lipinski definition) is 3. The molecule has 1 saturated carbocycles. The number of rotatable bonds is 10. The van der Waals surface area contributed by atoms with E-state index in [2.05, 4.69) is 35.1 Å². The standard InChI is InChI=1S/C26H30N2O6/c1-26(2,13-22(29)28-34-23(24(30)31)16-11-12-16)15-27-25(32)33-14-21-19-9-5-3-7-17(19)18-8-4-6-10-20(18)21/h3-10,16,21,23H,11-15H2,1-2H3,(H,27,32)(H,28,29)(H,30,31). The van der Waals surface area contributed by atoms with Crippen molar-refractivity contribution >= 4 is 18.0 Å². The molecule has 1 atom stereocenters. The first kappa shape index (κ1) is 23.8. The molecule has 0 aromatic heterocycles. The van der Waals surface area contributed by atoms with E-state index in [1.54, 1.807) is 0 Å². The highest BCUT2D eigenvalue weighted by Crippen LogP contribution is 2.44. The van der Waals surface area contributed by atoms with Crippen molar-refractivity contribution in [3.63, 3.8) is 0 Å². The summed E-state index contributed by atoms with van der Waals surface area (Å²) >= 11 is 0. The summed E-state index contributed by atoms with van der Waals surface area (Å²) in [5.41, 5.74) is 6.26. The molecule has 0 heterocycles. The minimum absolute atomic E-state index is 0.0252. The average Bonchev–Trinajstić information content (AvgIpc) is 3.58. The Balaban J connectivity index is 1.24. The molecule has 8 nitrogen and oxygen atoms in total. The second kappa shape index (κ2) is 9.85. The zero-order valence-electron chi connectivity index (χ0n) is 19.4. The van der Waals surface area contributed by atoms with Crippen LogP contribution in [0.1, 0.15) is 50.2 Å². The smallest absolute Gasteiger partial charge is 0.407 e. The zero-order valence-corrected chi connectivity index (χ0v) is 19.4. The Kier molecular flexibility index (Phi) is 6.88. The molecule has 2 aliphatic rings. The molecule has 0 aliphatic heterocycles. The van der Waals surface area contributed by atoms with Crippen LogP contribution in [0.25, 0.3) is 11.1 Å². The van der Waals surface area contributed by atoms with Crippen molar-refractivity contribution in [2.75, 3.05) is 13.2 Å².